The molecule has 1 rings (SSSR count). The molecule has 14 heavy (non-hydrogen) atoms. The molecular weight excluding hydrogens is 213 g/mol. The third-order valence-electron chi connectivity index (χ3n) is 1.72. The predicted molar refractivity (Wildman–Crippen MR) is 50.1 cm³/mol. The molecule has 0 aromatic carbocycles. The van der Waals surface area contributed by atoms with Gasteiger partial charge in [-0.3, -0.25) is 0 Å². The fourth-order valence-electron chi connectivity index (χ4n) is 1.12. The van der Waals surface area contributed by atoms with Crippen LogP contribution in [0.3, 0.4) is 0 Å². The van der Waals surface area contributed by atoms with Gasteiger partial charge in [-0.25, -0.2) is 4.98 Å². The van der Waals surface area contributed by atoms with Gasteiger partial charge in [-0.15, -0.1) is 0 Å². The van der Waals surface area contributed by atoms with E-state index in [4.69, 9.17) is 0 Å². The molecule has 0 fully saturated rings. The number of nitrogens with zero attached hydrogens (tertiary/aromatic N) is 2. The quantitative estimate of drug-likeness (QED) is 0.782. The zero-order chi connectivity index (χ0) is 10.6. The molecule has 1 aromatic rings. The lowest BCUT2D eigenvalue weighted by Gasteiger charge is -2.07. The molecule has 0 saturated carbocycles. The number of thioether (sulfide) groups is 1. The maximum absolute atomic E-state index is 11.8. The molecule has 0 aliphatic carbocycles. The molecule has 0 unspecified atom stereocenters. The van der Waals surface area contributed by atoms with Crippen molar-refractivity contribution in [3.63, 3.8) is 0 Å². The Morgan fingerprint density at radius 3 is 2.79 bits per heavy atom. The second-order valence-corrected chi connectivity index (χ2v) is 3.84. The standard InChI is InChI=1S/C8H11F3N2S/c1-2-7-12-3-4-13(7)5-6-14-8(9,10)11/h3-4H,2,5-6H2,1H3. The van der Waals surface area contributed by atoms with E-state index < -0.39 is 5.51 Å². The summed E-state index contributed by atoms with van der Waals surface area (Å²) in [6.07, 6.45) is 4.05. The van der Waals surface area contributed by atoms with E-state index in [-0.39, 0.29) is 17.5 Å². The first kappa shape index (κ1) is 11.4. The molecule has 0 bridgehead atoms. The van der Waals surface area contributed by atoms with E-state index in [1.165, 1.54) is 0 Å². The van der Waals surface area contributed by atoms with Crippen LogP contribution in [0.2, 0.25) is 0 Å². The lowest BCUT2D eigenvalue weighted by atomic mass is 10.4. The van der Waals surface area contributed by atoms with Crippen LogP contribution in [0.4, 0.5) is 13.2 Å². The fraction of sp³-hybridized carbons (Fsp3) is 0.625. The highest BCUT2D eigenvalue weighted by atomic mass is 32.2. The van der Waals surface area contributed by atoms with Crippen LogP contribution in [0, 0.1) is 0 Å². The molecule has 0 radical (unpaired) electrons. The number of halogens is 3. The first-order valence-corrected chi connectivity index (χ1v) is 5.22. The van der Waals surface area contributed by atoms with Crippen LogP contribution < -0.4 is 0 Å². The molecule has 0 saturated heterocycles. The van der Waals surface area contributed by atoms with Crippen molar-refractivity contribution in [1.29, 1.82) is 0 Å². The summed E-state index contributed by atoms with van der Waals surface area (Å²) in [6, 6.07) is 0. The molecule has 1 heterocycles. The van der Waals surface area contributed by atoms with Crippen molar-refractivity contribution in [2.75, 3.05) is 5.75 Å². The first-order chi connectivity index (χ1) is 6.53. The number of aryl methyl sites for hydroxylation is 2. The van der Waals surface area contributed by atoms with Gasteiger partial charge in [-0.05, 0) is 11.8 Å². The number of alkyl halides is 3. The highest BCUT2D eigenvalue weighted by Gasteiger charge is 2.27. The van der Waals surface area contributed by atoms with Gasteiger partial charge in [0.15, 0.2) is 0 Å². The van der Waals surface area contributed by atoms with E-state index >= 15 is 0 Å². The van der Waals surface area contributed by atoms with Gasteiger partial charge in [0.1, 0.15) is 5.82 Å². The zero-order valence-electron chi connectivity index (χ0n) is 7.71. The van der Waals surface area contributed by atoms with Crippen LogP contribution in [0.1, 0.15) is 12.7 Å². The fourth-order valence-corrected chi connectivity index (χ4v) is 1.64. The van der Waals surface area contributed by atoms with Crippen LogP contribution in [0.25, 0.3) is 0 Å². The van der Waals surface area contributed by atoms with Crippen molar-refractivity contribution >= 4 is 11.8 Å². The Morgan fingerprint density at radius 1 is 1.50 bits per heavy atom. The van der Waals surface area contributed by atoms with E-state index in [9.17, 15) is 13.2 Å². The lowest BCUT2D eigenvalue weighted by molar-refractivity contribution is -0.0328. The van der Waals surface area contributed by atoms with Crippen molar-refractivity contribution in [3.05, 3.63) is 18.2 Å². The van der Waals surface area contributed by atoms with Crippen LogP contribution >= 0.6 is 11.8 Å². The van der Waals surface area contributed by atoms with Gasteiger partial charge in [0, 0.05) is 31.1 Å². The van der Waals surface area contributed by atoms with Crippen LogP contribution in [-0.2, 0) is 13.0 Å². The van der Waals surface area contributed by atoms with Crippen molar-refractivity contribution in [2.24, 2.45) is 0 Å². The Morgan fingerprint density at radius 2 is 2.21 bits per heavy atom. The Kier molecular flexibility index (Phi) is 3.86. The highest BCUT2D eigenvalue weighted by molar-refractivity contribution is 8.00. The summed E-state index contributed by atoms with van der Waals surface area (Å²) in [5.74, 6) is 0.861. The lowest BCUT2D eigenvalue weighted by Crippen LogP contribution is -2.08. The molecule has 0 atom stereocenters. The van der Waals surface area contributed by atoms with E-state index in [0.29, 0.717) is 6.54 Å². The van der Waals surface area contributed by atoms with Crippen LogP contribution in [0.15, 0.2) is 12.4 Å². The molecule has 2 nitrogen and oxygen atoms in total. The molecule has 0 amide bonds. The van der Waals surface area contributed by atoms with Gasteiger partial charge in [-0.2, -0.15) is 13.2 Å². The zero-order valence-corrected chi connectivity index (χ0v) is 8.53. The number of hydrogen-bond acceptors (Lipinski definition) is 2. The topological polar surface area (TPSA) is 17.8 Å². The molecule has 80 valence electrons. The molecule has 1 aromatic heterocycles. The summed E-state index contributed by atoms with van der Waals surface area (Å²) in [6.45, 7) is 2.28. The first-order valence-electron chi connectivity index (χ1n) is 4.23. The van der Waals surface area contributed by atoms with Gasteiger partial charge in [0.05, 0.1) is 0 Å². The molecular formula is C8H11F3N2S. The average molecular weight is 224 g/mol. The monoisotopic (exact) mass is 224 g/mol. The molecule has 0 N–H and O–H groups in total. The van der Waals surface area contributed by atoms with E-state index in [1.54, 1.807) is 17.0 Å². The minimum atomic E-state index is -4.13. The van der Waals surface area contributed by atoms with E-state index in [1.807, 2.05) is 6.92 Å². The van der Waals surface area contributed by atoms with Crippen molar-refractivity contribution in [2.45, 2.75) is 25.4 Å². The number of rotatable bonds is 4. The Bertz CT molecular complexity index is 282. The number of imidazole rings is 1. The maximum Gasteiger partial charge on any atom is 0.441 e. The normalized spacial score (nSPS) is 12.0. The van der Waals surface area contributed by atoms with Gasteiger partial charge >= 0.3 is 5.51 Å². The summed E-state index contributed by atoms with van der Waals surface area (Å²) in [5.41, 5.74) is -4.13. The minimum absolute atomic E-state index is 0.00239. The van der Waals surface area contributed by atoms with E-state index in [2.05, 4.69) is 4.98 Å². The van der Waals surface area contributed by atoms with Crippen molar-refractivity contribution in [1.82, 2.24) is 9.55 Å². The smallest absolute Gasteiger partial charge is 0.334 e. The highest BCUT2D eigenvalue weighted by Crippen LogP contribution is 2.30. The van der Waals surface area contributed by atoms with Crippen molar-refractivity contribution < 1.29 is 13.2 Å². The molecule has 6 heteroatoms. The third-order valence-corrected chi connectivity index (χ3v) is 2.43. The van der Waals surface area contributed by atoms with Gasteiger partial charge in [-0.1, -0.05) is 6.92 Å². The molecule has 0 aliphatic heterocycles. The van der Waals surface area contributed by atoms with Gasteiger partial charge in [0.25, 0.3) is 0 Å². The second-order valence-electron chi connectivity index (χ2n) is 2.68. The minimum Gasteiger partial charge on any atom is -0.334 e. The molecule has 0 aliphatic rings. The summed E-state index contributed by atoms with van der Waals surface area (Å²) >= 11 is 0.00239. The Hall–Kier alpha value is -0.650. The summed E-state index contributed by atoms with van der Waals surface area (Å²) in [4.78, 5) is 4.02. The maximum atomic E-state index is 11.8. The Balaban J connectivity index is 2.38. The van der Waals surface area contributed by atoms with Crippen molar-refractivity contribution in [3.8, 4) is 0 Å². The summed E-state index contributed by atoms with van der Waals surface area (Å²) < 4.78 is 37.2. The summed E-state index contributed by atoms with van der Waals surface area (Å²) in [5, 5.41) is 0. The third kappa shape index (κ3) is 3.61. The SMILES string of the molecule is CCc1nccn1CCSC(F)(F)F. The number of hydrogen-bond donors (Lipinski definition) is 0. The van der Waals surface area contributed by atoms with Gasteiger partial charge in [0.2, 0.25) is 0 Å². The number of aromatic nitrogens is 2. The van der Waals surface area contributed by atoms with Crippen LogP contribution in [0.5, 0.6) is 0 Å². The van der Waals surface area contributed by atoms with E-state index in [0.717, 1.165) is 12.2 Å². The predicted octanol–water partition coefficient (Wildman–Crippen LogP) is 2.70. The van der Waals surface area contributed by atoms with Gasteiger partial charge < -0.3 is 4.57 Å². The Labute approximate surface area is 84.5 Å². The average Bonchev–Trinajstić information content (AvgIpc) is 2.49. The van der Waals surface area contributed by atoms with Crippen LogP contribution in [-0.4, -0.2) is 20.8 Å². The molecule has 0 spiro atoms. The summed E-state index contributed by atoms with van der Waals surface area (Å²) in [7, 11) is 0. The largest absolute Gasteiger partial charge is 0.441 e. The second kappa shape index (κ2) is 4.72.